The van der Waals surface area contributed by atoms with Crippen LogP contribution in [0.25, 0.3) is 6.08 Å². The normalized spacial score (nSPS) is 9.81. The second-order valence-corrected chi connectivity index (χ2v) is 3.71. The van der Waals surface area contributed by atoms with Crippen molar-refractivity contribution in [3.63, 3.8) is 0 Å². The summed E-state index contributed by atoms with van der Waals surface area (Å²) >= 11 is 5.99. The van der Waals surface area contributed by atoms with Crippen molar-refractivity contribution >= 4 is 17.7 Å². The van der Waals surface area contributed by atoms with Gasteiger partial charge < -0.3 is 4.74 Å². The van der Waals surface area contributed by atoms with Crippen molar-refractivity contribution in [1.82, 2.24) is 0 Å². The van der Waals surface area contributed by atoms with Crippen LogP contribution in [0, 0.1) is 0 Å². The summed E-state index contributed by atoms with van der Waals surface area (Å²) in [5.74, 6) is 1.43. The molecule has 0 aliphatic heterocycles. The fourth-order valence-electron chi connectivity index (χ4n) is 1.33. The van der Waals surface area contributed by atoms with Gasteiger partial charge in [0.15, 0.2) is 0 Å². The van der Waals surface area contributed by atoms with Gasteiger partial charge >= 0.3 is 0 Å². The van der Waals surface area contributed by atoms with Gasteiger partial charge in [0.1, 0.15) is 11.5 Å². The minimum atomic E-state index is 0.607. The Kier molecular flexibility index (Phi) is 3.28. The van der Waals surface area contributed by atoms with E-state index < -0.39 is 0 Å². The zero-order chi connectivity index (χ0) is 11.4. The fraction of sp³-hybridized carbons (Fsp3) is 0. The summed E-state index contributed by atoms with van der Waals surface area (Å²) in [6.07, 6.45) is 1.79. The highest BCUT2D eigenvalue weighted by Crippen LogP contribution is 2.28. The predicted octanol–water partition coefficient (Wildman–Crippen LogP) is 4.78. The fourth-order valence-corrected chi connectivity index (χ4v) is 1.50. The van der Waals surface area contributed by atoms with Crippen LogP contribution in [0.4, 0.5) is 0 Å². The minimum absolute atomic E-state index is 0.607. The first kappa shape index (κ1) is 10.8. The van der Waals surface area contributed by atoms with Gasteiger partial charge in [-0.05, 0) is 29.8 Å². The number of hydrogen-bond donors (Lipinski definition) is 0. The van der Waals surface area contributed by atoms with Gasteiger partial charge in [0, 0.05) is 0 Å². The van der Waals surface area contributed by atoms with E-state index in [0.717, 1.165) is 11.3 Å². The molecule has 0 fully saturated rings. The molecule has 0 spiro atoms. The Morgan fingerprint density at radius 1 is 1.00 bits per heavy atom. The molecule has 0 radical (unpaired) electrons. The van der Waals surface area contributed by atoms with Crippen molar-refractivity contribution in [3.05, 3.63) is 65.7 Å². The Morgan fingerprint density at radius 2 is 1.69 bits per heavy atom. The van der Waals surface area contributed by atoms with E-state index in [2.05, 4.69) is 6.58 Å². The Balaban J connectivity index is 2.21. The molecular formula is C14H11ClO. The van der Waals surface area contributed by atoms with Crippen molar-refractivity contribution in [1.29, 1.82) is 0 Å². The monoisotopic (exact) mass is 230 g/mol. The standard InChI is InChI=1S/C14H11ClO/c1-2-11-7-9-12(10-8-11)16-14-6-4-3-5-13(14)15/h2-10H,1H2. The molecule has 0 saturated heterocycles. The molecule has 1 nitrogen and oxygen atoms in total. The average Bonchev–Trinajstić information content (AvgIpc) is 2.33. The molecule has 0 aliphatic carbocycles. The van der Waals surface area contributed by atoms with E-state index in [9.17, 15) is 0 Å². The van der Waals surface area contributed by atoms with Crippen molar-refractivity contribution in [2.75, 3.05) is 0 Å². The van der Waals surface area contributed by atoms with Gasteiger partial charge in [-0.15, -0.1) is 0 Å². The Hall–Kier alpha value is -1.73. The third-order valence-corrected chi connectivity index (χ3v) is 2.49. The smallest absolute Gasteiger partial charge is 0.146 e. The SMILES string of the molecule is C=Cc1ccc(Oc2ccccc2Cl)cc1. The zero-order valence-electron chi connectivity index (χ0n) is 8.69. The summed E-state index contributed by atoms with van der Waals surface area (Å²) in [5, 5.41) is 0.607. The largest absolute Gasteiger partial charge is 0.456 e. The van der Waals surface area contributed by atoms with Crippen LogP contribution in [0.5, 0.6) is 11.5 Å². The van der Waals surface area contributed by atoms with Crippen LogP contribution in [0.1, 0.15) is 5.56 Å². The van der Waals surface area contributed by atoms with Crippen LogP contribution >= 0.6 is 11.6 Å². The molecule has 2 aromatic carbocycles. The number of para-hydroxylation sites is 1. The molecule has 0 N–H and O–H groups in total. The maximum absolute atomic E-state index is 5.99. The molecule has 0 bridgehead atoms. The second kappa shape index (κ2) is 4.86. The number of ether oxygens (including phenoxy) is 1. The Morgan fingerprint density at radius 3 is 2.31 bits per heavy atom. The molecule has 0 unspecified atom stereocenters. The first-order chi connectivity index (χ1) is 7.79. The molecule has 0 heterocycles. The van der Waals surface area contributed by atoms with Gasteiger partial charge in [-0.25, -0.2) is 0 Å². The lowest BCUT2D eigenvalue weighted by atomic mass is 10.2. The number of benzene rings is 2. The molecule has 16 heavy (non-hydrogen) atoms. The lowest BCUT2D eigenvalue weighted by Crippen LogP contribution is -1.84. The molecule has 2 aromatic rings. The average molecular weight is 231 g/mol. The molecule has 2 heteroatoms. The molecule has 0 amide bonds. The Labute approximate surface area is 99.9 Å². The first-order valence-corrected chi connectivity index (χ1v) is 5.32. The highest BCUT2D eigenvalue weighted by Gasteiger charge is 2.01. The molecule has 2 rings (SSSR count). The molecule has 0 aliphatic rings. The predicted molar refractivity (Wildman–Crippen MR) is 68.1 cm³/mol. The number of rotatable bonds is 3. The van der Waals surface area contributed by atoms with E-state index in [-0.39, 0.29) is 0 Å². The molecule has 0 atom stereocenters. The van der Waals surface area contributed by atoms with Crippen molar-refractivity contribution < 1.29 is 4.74 Å². The minimum Gasteiger partial charge on any atom is -0.456 e. The number of hydrogen-bond acceptors (Lipinski definition) is 1. The maximum atomic E-state index is 5.99. The Bertz CT molecular complexity index is 488. The summed E-state index contributed by atoms with van der Waals surface area (Å²) in [4.78, 5) is 0. The first-order valence-electron chi connectivity index (χ1n) is 4.94. The summed E-state index contributed by atoms with van der Waals surface area (Å²) in [5.41, 5.74) is 1.06. The highest BCUT2D eigenvalue weighted by molar-refractivity contribution is 6.32. The molecule has 80 valence electrons. The van der Waals surface area contributed by atoms with Crippen LogP contribution in [0.2, 0.25) is 5.02 Å². The third kappa shape index (κ3) is 2.44. The second-order valence-electron chi connectivity index (χ2n) is 3.31. The third-order valence-electron chi connectivity index (χ3n) is 2.18. The van der Waals surface area contributed by atoms with E-state index in [1.54, 1.807) is 12.1 Å². The maximum Gasteiger partial charge on any atom is 0.146 e. The topological polar surface area (TPSA) is 9.23 Å². The quantitative estimate of drug-likeness (QED) is 0.738. The molecular weight excluding hydrogens is 220 g/mol. The van der Waals surface area contributed by atoms with Gasteiger partial charge in [-0.3, -0.25) is 0 Å². The van der Waals surface area contributed by atoms with E-state index >= 15 is 0 Å². The van der Waals surface area contributed by atoms with Gasteiger partial charge in [-0.1, -0.05) is 48.5 Å². The van der Waals surface area contributed by atoms with Gasteiger partial charge in [0.2, 0.25) is 0 Å². The van der Waals surface area contributed by atoms with Crippen LogP contribution in [-0.4, -0.2) is 0 Å². The summed E-state index contributed by atoms with van der Waals surface area (Å²) < 4.78 is 5.64. The van der Waals surface area contributed by atoms with Gasteiger partial charge in [-0.2, -0.15) is 0 Å². The summed E-state index contributed by atoms with van der Waals surface area (Å²) in [7, 11) is 0. The molecule has 0 saturated carbocycles. The lowest BCUT2D eigenvalue weighted by Gasteiger charge is -2.07. The van der Waals surface area contributed by atoms with Gasteiger partial charge in [0.05, 0.1) is 5.02 Å². The van der Waals surface area contributed by atoms with E-state index in [1.807, 2.05) is 42.5 Å². The molecule has 0 aromatic heterocycles. The van der Waals surface area contributed by atoms with E-state index in [0.29, 0.717) is 10.8 Å². The van der Waals surface area contributed by atoms with Gasteiger partial charge in [0.25, 0.3) is 0 Å². The lowest BCUT2D eigenvalue weighted by molar-refractivity contribution is 0.483. The zero-order valence-corrected chi connectivity index (χ0v) is 9.45. The van der Waals surface area contributed by atoms with E-state index in [4.69, 9.17) is 16.3 Å². The summed E-state index contributed by atoms with van der Waals surface area (Å²) in [6, 6.07) is 15.1. The van der Waals surface area contributed by atoms with Crippen molar-refractivity contribution in [2.24, 2.45) is 0 Å². The van der Waals surface area contributed by atoms with Crippen molar-refractivity contribution in [2.45, 2.75) is 0 Å². The van der Waals surface area contributed by atoms with Crippen LogP contribution in [-0.2, 0) is 0 Å². The summed E-state index contributed by atoms with van der Waals surface area (Å²) in [6.45, 7) is 3.70. The number of halogens is 1. The van der Waals surface area contributed by atoms with Crippen LogP contribution < -0.4 is 4.74 Å². The van der Waals surface area contributed by atoms with Crippen LogP contribution in [0.3, 0.4) is 0 Å². The highest BCUT2D eigenvalue weighted by atomic mass is 35.5. The van der Waals surface area contributed by atoms with Crippen molar-refractivity contribution in [3.8, 4) is 11.5 Å². The van der Waals surface area contributed by atoms with Crippen LogP contribution in [0.15, 0.2) is 55.1 Å². The van der Waals surface area contributed by atoms with E-state index in [1.165, 1.54) is 0 Å².